The van der Waals surface area contributed by atoms with Crippen molar-refractivity contribution in [2.45, 2.75) is 19.9 Å². The Morgan fingerprint density at radius 3 is 2.35 bits per heavy atom. The predicted octanol–water partition coefficient (Wildman–Crippen LogP) is 2.68. The molecule has 0 aliphatic heterocycles. The van der Waals surface area contributed by atoms with Gasteiger partial charge in [0.05, 0.1) is 13.4 Å². The van der Waals surface area contributed by atoms with Gasteiger partial charge in [-0.3, -0.25) is 9.59 Å². The van der Waals surface area contributed by atoms with Crippen molar-refractivity contribution in [2.75, 3.05) is 12.4 Å². The molecule has 0 bridgehead atoms. The van der Waals surface area contributed by atoms with E-state index in [1.54, 1.807) is 43.5 Å². The lowest BCUT2D eigenvalue weighted by atomic mass is 10.0. The van der Waals surface area contributed by atoms with E-state index in [-0.39, 0.29) is 17.6 Å². The molecular weight excluding hydrogens is 296 g/mol. The fourth-order valence-electron chi connectivity index (χ4n) is 2.05. The molecule has 1 aromatic carbocycles. The van der Waals surface area contributed by atoms with Crippen LogP contribution in [0.2, 0.25) is 0 Å². The number of nitrogens with one attached hydrogen (secondary N) is 2. The van der Waals surface area contributed by atoms with Crippen LogP contribution in [0.15, 0.2) is 47.1 Å². The standard InChI is InChI=1S/C17H20N2O4/c1-11(2)15(19-16(20)14-5-4-10-23-14)17(21)18-12-6-8-13(22-3)9-7-12/h4-11,15H,1-3H3,(H,18,21)(H,19,20)/t15-/m1/s1. The van der Waals surface area contributed by atoms with Gasteiger partial charge in [-0.15, -0.1) is 0 Å². The Balaban J connectivity index is 2.04. The van der Waals surface area contributed by atoms with Crippen molar-refractivity contribution in [3.05, 3.63) is 48.4 Å². The Morgan fingerprint density at radius 2 is 1.83 bits per heavy atom. The summed E-state index contributed by atoms with van der Waals surface area (Å²) >= 11 is 0. The summed E-state index contributed by atoms with van der Waals surface area (Å²) in [7, 11) is 1.58. The third kappa shape index (κ3) is 4.35. The van der Waals surface area contributed by atoms with Crippen molar-refractivity contribution in [1.82, 2.24) is 5.32 Å². The van der Waals surface area contributed by atoms with E-state index in [0.29, 0.717) is 11.4 Å². The van der Waals surface area contributed by atoms with E-state index in [9.17, 15) is 9.59 Å². The van der Waals surface area contributed by atoms with Gasteiger partial charge in [0.2, 0.25) is 5.91 Å². The number of carbonyl (C=O) groups excluding carboxylic acids is 2. The first-order valence-corrected chi connectivity index (χ1v) is 7.30. The average Bonchev–Trinajstić information content (AvgIpc) is 3.07. The predicted molar refractivity (Wildman–Crippen MR) is 86.4 cm³/mol. The van der Waals surface area contributed by atoms with Gasteiger partial charge in [0, 0.05) is 5.69 Å². The molecule has 1 atom stereocenters. The van der Waals surface area contributed by atoms with Crippen molar-refractivity contribution in [3.8, 4) is 5.75 Å². The Morgan fingerprint density at radius 1 is 1.13 bits per heavy atom. The highest BCUT2D eigenvalue weighted by molar-refractivity contribution is 6.00. The van der Waals surface area contributed by atoms with Crippen molar-refractivity contribution in [2.24, 2.45) is 5.92 Å². The fraction of sp³-hybridized carbons (Fsp3) is 0.294. The average molecular weight is 316 g/mol. The molecule has 2 rings (SSSR count). The van der Waals surface area contributed by atoms with Crippen molar-refractivity contribution >= 4 is 17.5 Å². The molecule has 0 aliphatic rings. The van der Waals surface area contributed by atoms with Gasteiger partial charge < -0.3 is 19.8 Å². The van der Waals surface area contributed by atoms with E-state index >= 15 is 0 Å². The van der Waals surface area contributed by atoms with Gasteiger partial charge in [0.15, 0.2) is 5.76 Å². The number of hydrogen-bond donors (Lipinski definition) is 2. The van der Waals surface area contributed by atoms with Crippen LogP contribution in [0.4, 0.5) is 5.69 Å². The molecule has 0 spiro atoms. The lowest BCUT2D eigenvalue weighted by molar-refractivity contribution is -0.118. The molecule has 23 heavy (non-hydrogen) atoms. The van der Waals surface area contributed by atoms with Crippen LogP contribution < -0.4 is 15.4 Å². The third-order valence-electron chi connectivity index (χ3n) is 3.34. The summed E-state index contributed by atoms with van der Waals surface area (Å²) in [5.74, 6) is 0.0956. The van der Waals surface area contributed by atoms with Gasteiger partial charge >= 0.3 is 0 Å². The van der Waals surface area contributed by atoms with Crippen LogP contribution in [-0.2, 0) is 4.79 Å². The van der Waals surface area contributed by atoms with Gasteiger partial charge in [0.25, 0.3) is 5.91 Å². The topological polar surface area (TPSA) is 80.6 Å². The van der Waals surface area contributed by atoms with Crippen LogP contribution >= 0.6 is 0 Å². The monoisotopic (exact) mass is 316 g/mol. The molecule has 1 aromatic heterocycles. The molecule has 0 aliphatic carbocycles. The largest absolute Gasteiger partial charge is 0.497 e. The number of furan rings is 1. The summed E-state index contributed by atoms with van der Waals surface area (Å²) in [6.07, 6.45) is 1.41. The first-order chi connectivity index (χ1) is 11.0. The summed E-state index contributed by atoms with van der Waals surface area (Å²) in [4.78, 5) is 24.5. The summed E-state index contributed by atoms with van der Waals surface area (Å²) in [6, 6.07) is 9.48. The minimum atomic E-state index is -0.672. The van der Waals surface area contributed by atoms with Crippen LogP contribution in [0.1, 0.15) is 24.4 Å². The van der Waals surface area contributed by atoms with Crippen molar-refractivity contribution in [3.63, 3.8) is 0 Å². The van der Waals surface area contributed by atoms with Gasteiger partial charge in [-0.25, -0.2) is 0 Å². The number of amides is 2. The second-order valence-corrected chi connectivity index (χ2v) is 5.39. The lowest BCUT2D eigenvalue weighted by Gasteiger charge is -2.21. The number of anilines is 1. The van der Waals surface area contributed by atoms with Crippen LogP contribution in [0, 0.1) is 5.92 Å². The van der Waals surface area contributed by atoms with Crippen molar-refractivity contribution < 1.29 is 18.7 Å². The quantitative estimate of drug-likeness (QED) is 0.858. The minimum absolute atomic E-state index is 0.0767. The van der Waals surface area contributed by atoms with E-state index in [1.165, 1.54) is 6.26 Å². The zero-order valence-corrected chi connectivity index (χ0v) is 13.3. The van der Waals surface area contributed by atoms with E-state index in [2.05, 4.69) is 10.6 Å². The highest BCUT2D eigenvalue weighted by Gasteiger charge is 2.25. The smallest absolute Gasteiger partial charge is 0.287 e. The van der Waals surface area contributed by atoms with Crippen LogP contribution in [0.5, 0.6) is 5.75 Å². The first kappa shape index (κ1) is 16.6. The zero-order chi connectivity index (χ0) is 16.8. The number of carbonyl (C=O) groups is 2. The number of methoxy groups -OCH3 is 1. The summed E-state index contributed by atoms with van der Waals surface area (Å²) in [6.45, 7) is 3.72. The molecule has 1 heterocycles. The molecule has 122 valence electrons. The molecule has 2 amide bonds. The SMILES string of the molecule is COc1ccc(NC(=O)[C@H](NC(=O)c2ccco2)C(C)C)cc1. The Bertz CT molecular complexity index is 648. The van der Waals surface area contributed by atoms with E-state index < -0.39 is 11.9 Å². The normalized spacial score (nSPS) is 11.8. The maximum absolute atomic E-state index is 12.4. The molecule has 0 fully saturated rings. The Kier molecular flexibility index (Phi) is 5.41. The van der Waals surface area contributed by atoms with Crippen LogP contribution in [0.25, 0.3) is 0 Å². The number of rotatable bonds is 6. The van der Waals surface area contributed by atoms with Gasteiger partial charge in [-0.1, -0.05) is 13.8 Å². The number of benzene rings is 1. The van der Waals surface area contributed by atoms with E-state index in [1.807, 2.05) is 13.8 Å². The molecule has 0 unspecified atom stereocenters. The third-order valence-corrected chi connectivity index (χ3v) is 3.34. The van der Waals surface area contributed by atoms with Gasteiger partial charge in [0.1, 0.15) is 11.8 Å². The molecule has 0 saturated carbocycles. The zero-order valence-electron chi connectivity index (χ0n) is 13.3. The molecule has 0 saturated heterocycles. The minimum Gasteiger partial charge on any atom is -0.497 e. The molecule has 0 radical (unpaired) electrons. The summed E-state index contributed by atoms with van der Waals surface area (Å²) in [5.41, 5.74) is 0.633. The highest BCUT2D eigenvalue weighted by atomic mass is 16.5. The molecule has 6 nitrogen and oxygen atoms in total. The van der Waals surface area contributed by atoms with Crippen LogP contribution in [-0.4, -0.2) is 25.0 Å². The summed E-state index contributed by atoms with van der Waals surface area (Å²) < 4.78 is 10.1. The maximum Gasteiger partial charge on any atom is 0.287 e. The molecule has 2 aromatic rings. The maximum atomic E-state index is 12.4. The van der Waals surface area contributed by atoms with E-state index in [0.717, 1.165) is 0 Å². The fourth-order valence-corrected chi connectivity index (χ4v) is 2.05. The van der Waals surface area contributed by atoms with Crippen LogP contribution in [0.3, 0.4) is 0 Å². The molecular formula is C17H20N2O4. The Hall–Kier alpha value is -2.76. The molecule has 6 heteroatoms. The van der Waals surface area contributed by atoms with E-state index in [4.69, 9.17) is 9.15 Å². The lowest BCUT2D eigenvalue weighted by Crippen LogP contribution is -2.47. The first-order valence-electron chi connectivity index (χ1n) is 7.30. The van der Waals surface area contributed by atoms with Gasteiger partial charge in [-0.2, -0.15) is 0 Å². The second kappa shape index (κ2) is 7.49. The number of hydrogen-bond acceptors (Lipinski definition) is 4. The molecule has 2 N–H and O–H groups in total. The van der Waals surface area contributed by atoms with Crippen molar-refractivity contribution in [1.29, 1.82) is 0 Å². The summed E-state index contributed by atoms with van der Waals surface area (Å²) in [5, 5.41) is 5.48. The highest BCUT2D eigenvalue weighted by Crippen LogP contribution is 2.16. The Labute approximate surface area is 134 Å². The number of ether oxygens (including phenoxy) is 1. The second-order valence-electron chi connectivity index (χ2n) is 5.39. The van der Waals surface area contributed by atoms with Gasteiger partial charge in [-0.05, 0) is 42.3 Å².